The SMILES string of the molecule is CCCOc1ccc(C(NC)c2ccc(F)c(C)c2)cc1. The molecule has 0 spiro atoms. The minimum Gasteiger partial charge on any atom is -0.494 e. The van der Waals surface area contributed by atoms with E-state index in [0.717, 1.165) is 29.9 Å². The van der Waals surface area contributed by atoms with Crippen molar-refractivity contribution in [2.75, 3.05) is 13.7 Å². The Balaban J connectivity index is 2.22. The topological polar surface area (TPSA) is 21.3 Å². The highest BCUT2D eigenvalue weighted by Crippen LogP contribution is 2.25. The van der Waals surface area contributed by atoms with Gasteiger partial charge in [0.05, 0.1) is 12.6 Å². The van der Waals surface area contributed by atoms with Crippen LogP contribution in [-0.4, -0.2) is 13.7 Å². The average Bonchev–Trinajstić information content (AvgIpc) is 2.50. The molecule has 2 aromatic rings. The van der Waals surface area contributed by atoms with E-state index in [-0.39, 0.29) is 11.9 Å². The van der Waals surface area contributed by atoms with E-state index in [9.17, 15) is 4.39 Å². The van der Waals surface area contributed by atoms with Crippen LogP contribution in [0.25, 0.3) is 0 Å². The molecule has 1 N–H and O–H groups in total. The van der Waals surface area contributed by atoms with Crippen LogP contribution in [0.4, 0.5) is 4.39 Å². The Bertz CT molecular complexity index is 580. The van der Waals surface area contributed by atoms with Gasteiger partial charge in [-0.05, 0) is 55.3 Å². The summed E-state index contributed by atoms with van der Waals surface area (Å²) < 4.78 is 19.0. The molecule has 0 aromatic heterocycles. The number of hydrogen-bond donors (Lipinski definition) is 1. The molecule has 0 radical (unpaired) electrons. The third kappa shape index (κ3) is 3.82. The van der Waals surface area contributed by atoms with Crippen molar-refractivity contribution in [3.05, 3.63) is 65.0 Å². The first-order valence-electron chi connectivity index (χ1n) is 7.31. The van der Waals surface area contributed by atoms with Gasteiger partial charge in [-0.15, -0.1) is 0 Å². The Morgan fingerprint density at radius 1 is 1.10 bits per heavy atom. The molecule has 0 aliphatic heterocycles. The van der Waals surface area contributed by atoms with Crippen molar-refractivity contribution in [1.82, 2.24) is 5.32 Å². The van der Waals surface area contributed by atoms with Crippen LogP contribution >= 0.6 is 0 Å². The van der Waals surface area contributed by atoms with Crippen molar-refractivity contribution in [3.8, 4) is 5.75 Å². The second kappa shape index (κ2) is 7.23. The minimum absolute atomic E-state index is 0.0459. The van der Waals surface area contributed by atoms with Crippen LogP contribution in [0.1, 0.15) is 36.1 Å². The summed E-state index contributed by atoms with van der Waals surface area (Å²) in [6.45, 7) is 4.60. The molecular weight excluding hydrogens is 265 g/mol. The molecule has 112 valence electrons. The van der Waals surface area contributed by atoms with E-state index in [2.05, 4.69) is 12.2 Å². The molecule has 0 saturated heterocycles. The van der Waals surface area contributed by atoms with Crippen LogP contribution in [0, 0.1) is 12.7 Å². The Kier molecular flexibility index (Phi) is 5.34. The molecule has 3 heteroatoms. The van der Waals surface area contributed by atoms with Crippen molar-refractivity contribution in [2.45, 2.75) is 26.3 Å². The van der Waals surface area contributed by atoms with Crippen LogP contribution in [-0.2, 0) is 0 Å². The zero-order valence-corrected chi connectivity index (χ0v) is 12.8. The first-order chi connectivity index (χ1) is 10.2. The molecule has 2 aromatic carbocycles. The predicted octanol–water partition coefficient (Wildman–Crippen LogP) is 4.23. The van der Waals surface area contributed by atoms with Gasteiger partial charge in [0.1, 0.15) is 11.6 Å². The molecule has 2 rings (SSSR count). The molecule has 2 nitrogen and oxygen atoms in total. The molecule has 0 aliphatic carbocycles. The second-order valence-electron chi connectivity index (χ2n) is 5.15. The van der Waals surface area contributed by atoms with Crippen molar-refractivity contribution >= 4 is 0 Å². The summed E-state index contributed by atoms with van der Waals surface area (Å²) >= 11 is 0. The van der Waals surface area contributed by atoms with Gasteiger partial charge in [0.2, 0.25) is 0 Å². The first kappa shape index (κ1) is 15.5. The molecule has 0 saturated carbocycles. The number of rotatable bonds is 6. The highest BCUT2D eigenvalue weighted by Gasteiger charge is 2.13. The van der Waals surface area contributed by atoms with E-state index in [1.807, 2.05) is 43.4 Å². The fourth-order valence-corrected chi connectivity index (χ4v) is 2.35. The Morgan fingerprint density at radius 3 is 2.33 bits per heavy atom. The Hall–Kier alpha value is -1.87. The summed E-state index contributed by atoms with van der Waals surface area (Å²) in [7, 11) is 1.91. The zero-order chi connectivity index (χ0) is 15.2. The van der Waals surface area contributed by atoms with Gasteiger partial charge in [-0.2, -0.15) is 0 Å². The first-order valence-corrected chi connectivity index (χ1v) is 7.31. The van der Waals surface area contributed by atoms with Crippen LogP contribution in [0.5, 0.6) is 5.75 Å². The van der Waals surface area contributed by atoms with Crippen LogP contribution < -0.4 is 10.1 Å². The molecule has 21 heavy (non-hydrogen) atoms. The second-order valence-corrected chi connectivity index (χ2v) is 5.15. The lowest BCUT2D eigenvalue weighted by Crippen LogP contribution is -2.17. The lowest BCUT2D eigenvalue weighted by atomic mass is 9.97. The molecule has 0 heterocycles. The minimum atomic E-state index is -0.170. The number of nitrogens with one attached hydrogen (secondary N) is 1. The number of halogens is 1. The van der Waals surface area contributed by atoms with E-state index < -0.39 is 0 Å². The smallest absolute Gasteiger partial charge is 0.126 e. The zero-order valence-electron chi connectivity index (χ0n) is 12.8. The molecule has 1 unspecified atom stereocenters. The fourth-order valence-electron chi connectivity index (χ4n) is 2.35. The largest absolute Gasteiger partial charge is 0.494 e. The number of ether oxygens (including phenoxy) is 1. The Labute approximate surface area is 126 Å². The van der Waals surface area contributed by atoms with Gasteiger partial charge in [-0.1, -0.05) is 31.2 Å². The number of aryl methyl sites for hydroxylation is 1. The highest BCUT2D eigenvalue weighted by atomic mass is 19.1. The molecule has 0 amide bonds. The third-order valence-corrected chi connectivity index (χ3v) is 3.49. The molecule has 0 fully saturated rings. The number of benzene rings is 2. The maximum absolute atomic E-state index is 13.4. The van der Waals surface area contributed by atoms with Crippen LogP contribution in [0.2, 0.25) is 0 Å². The van der Waals surface area contributed by atoms with Gasteiger partial charge < -0.3 is 10.1 Å². The van der Waals surface area contributed by atoms with Gasteiger partial charge >= 0.3 is 0 Å². The van der Waals surface area contributed by atoms with Gasteiger partial charge in [0.25, 0.3) is 0 Å². The maximum atomic E-state index is 13.4. The van der Waals surface area contributed by atoms with Crippen LogP contribution in [0.3, 0.4) is 0 Å². The van der Waals surface area contributed by atoms with Crippen molar-refractivity contribution in [3.63, 3.8) is 0 Å². The molecular formula is C18H22FNO. The van der Waals surface area contributed by atoms with Crippen LogP contribution in [0.15, 0.2) is 42.5 Å². The predicted molar refractivity (Wildman–Crippen MR) is 84.3 cm³/mol. The highest BCUT2D eigenvalue weighted by molar-refractivity contribution is 5.37. The normalized spacial score (nSPS) is 12.2. The van der Waals surface area contributed by atoms with E-state index >= 15 is 0 Å². The van der Waals surface area contributed by atoms with Crippen molar-refractivity contribution in [2.24, 2.45) is 0 Å². The van der Waals surface area contributed by atoms with Gasteiger partial charge in [0, 0.05) is 0 Å². The van der Waals surface area contributed by atoms with E-state index in [1.165, 1.54) is 6.07 Å². The summed E-state index contributed by atoms with van der Waals surface area (Å²) in [6, 6.07) is 13.3. The molecule has 0 aliphatic rings. The molecule has 0 bridgehead atoms. The monoisotopic (exact) mass is 287 g/mol. The van der Waals surface area contributed by atoms with Gasteiger partial charge in [0.15, 0.2) is 0 Å². The van der Waals surface area contributed by atoms with E-state index in [1.54, 1.807) is 6.92 Å². The summed E-state index contributed by atoms with van der Waals surface area (Å²) in [5.41, 5.74) is 2.85. The average molecular weight is 287 g/mol. The Morgan fingerprint density at radius 2 is 1.76 bits per heavy atom. The lowest BCUT2D eigenvalue weighted by Gasteiger charge is -2.18. The maximum Gasteiger partial charge on any atom is 0.126 e. The lowest BCUT2D eigenvalue weighted by molar-refractivity contribution is 0.317. The third-order valence-electron chi connectivity index (χ3n) is 3.49. The van der Waals surface area contributed by atoms with E-state index in [4.69, 9.17) is 4.74 Å². The standard InChI is InChI=1S/C18H22FNO/c1-4-11-21-16-8-5-14(6-9-16)18(20-3)15-7-10-17(19)13(2)12-15/h5-10,12,18,20H,4,11H2,1-3H3. The summed E-state index contributed by atoms with van der Waals surface area (Å²) in [6.07, 6.45) is 0.996. The fraction of sp³-hybridized carbons (Fsp3) is 0.333. The van der Waals surface area contributed by atoms with Crippen molar-refractivity contribution < 1.29 is 9.13 Å². The number of hydrogen-bond acceptors (Lipinski definition) is 2. The van der Waals surface area contributed by atoms with Crippen molar-refractivity contribution in [1.29, 1.82) is 0 Å². The summed E-state index contributed by atoms with van der Waals surface area (Å²) in [5, 5.41) is 3.28. The summed E-state index contributed by atoms with van der Waals surface area (Å²) in [4.78, 5) is 0. The summed E-state index contributed by atoms with van der Waals surface area (Å²) in [5.74, 6) is 0.711. The van der Waals surface area contributed by atoms with Gasteiger partial charge in [-0.25, -0.2) is 4.39 Å². The molecule has 1 atom stereocenters. The quantitative estimate of drug-likeness (QED) is 0.858. The van der Waals surface area contributed by atoms with E-state index in [0.29, 0.717) is 5.56 Å². The van der Waals surface area contributed by atoms with Gasteiger partial charge in [-0.3, -0.25) is 0 Å².